The Balaban J connectivity index is 3.22. The number of allylic oxidation sites excluding steroid dienone is 4. The van der Waals surface area contributed by atoms with E-state index in [0.717, 1.165) is 17.7 Å². The first-order valence-electron chi connectivity index (χ1n) is 5.94. The highest BCUT2D eigenvalue weighted by molar-refractivity contribution is 5.89. The van der Waals surface area contributed by atoms with E-state index in [0.29, 0.717) is 0 Å². The fourth-order valence-corrected chi connectivity index (χ4v) is 2.08. The van der Waals surface area contributed by atoms with Crippen molar-refractivity contribution in [3.05, 3.63) is 48.7 Å². The topological polar surface area (TPSA) is 29.1 Å². The number of carbonyl (C=O) groups excluding carboxylic acids is 1. The molecule has 0 saturated carbocycles. The van der Waals surface area contributed by atoms with E-state index >= 15 is 0 Å². The molecule has 0 aliphatic carbocycles. The van der Waals surface area contributed by atoms with Gasteiger partial charge in [0.25, 0.3) is 0 Å². The monoisotopic (exact) mass is 231 g/mol. The maximum absolute atomic E-state index is 12.1. The lowest BCUT2D eigenvalue weighted by atomic mass is 9.73. The molecule has 1 atom stereocenters. The van der Waals surface area contributed by atoms with Crippen molar-refractivity contribution in [2.24, 2.45) is 11.3 Å². The van der Waals surface area contributed by atoms with Crippen LogP contribution in [-0.4, -0.2) is 5.91 Å². The van der Waals surface area contributed by atoms with Gasteiger partial charge in [0.1, 0.15) is 0 Å². The van der Waals surface area contributed by atoms with Crippen LogP contribution in [0, 0.1) is 11.3 Å². The molecule has 1 heterocycles. The number of rotatable bonds is 5. The molecule has 2 nitrogen and oxygen atoms in total. The minimum Gasteiger partial charge on any atom is -0.325 e. The Bertz CT molecular complexity index is 399. The molecule has 0 aromatic heterocycles. The first kappa shape index (κ1) is 13.5. The largest absolute Gasteiger partial charge is 0.325 e. The zero-order valence-corrected chi connectivity index (χ0v) is 10.9. The highest BCUT2D eigenvalue weighted by Crippen LogP contribution is 2.40. The predicted molar refractivity (Wildman–Crippen MR) is 72.3 cm³/mol. The predicted octanol–water partition coefficient (Wildman–Crippen LogP) is 3.35. The molecule has 0 spiro atoms. The summed E-state index contributed by atoms with van der Waals surface area (Å²) in [7, 11) is 0. The number of hydrogen-bond donors (Lipinski definition) is 1. The van der Waals surface area contributed by atoms with Gasteiger partial charge < -0.3 is 5.32 Å². The molecule has 0 saturated heterocycles. The Kier molecular flexibility index (Phi) is 4.11. The van der Waals surface area contributed by atoms with Crippen molar-refractivity contribution in [3.8, 4) is 0 Å². The van der Waals surface area contributed by atoms with Gasteiger partial charge in [0.05, 0.1) is 5.92 Å². The van der Waals surface area contributed by atoms with E-state index in [9.17, 15) is 4.79 Å². The second-order valence-electron chi connectivity index (χ2n) is 4.93. The number of amides is 1. The molecular weight excluding hydrogens is 210 g/mol. The van der Waals surface area contributed by atoms with E-state index in [2.05, 4.69) is 39.2 Å². The molecular formula is C15H21NO. The van der Waals surface area contributed by atoms with Gasteiger partial charge in [-0.3, -0.25) is 4.79 Å². The van der Waals surface area contributed by atoms with Crippen LogP contribution in [0.2, 0.25) is 0 Å². The highest BCUT2D eigenvalue weighted by Gasteiger charge is 2.40. The lowest BCUT2D eigenvalue weighted by Crippen LogP contribution is -2.32. The summed E-state index contributed by atoms with van der Waals surface area (Å²) in [6.45, 7) is 13.7. The Labute approximate surface area is 104 Å². The van der Waals surface area contributed by atoms with Crippen LogP contribution in [0.1, 0.15) is 27.2 Å². The SMILES string of the molecule is C=C/C=C\C1=C(C=C)NC(=O)C1C(C)(C)CC. The van der Waals surface area contributed by atoms with E-state index in [1.807, 2.05) is 12.2 Å². The van der Waals surface area contributed by atoms with E-state index < -0.39 is 0 Å². The summed E-state index contributed by atoms with van der Waals surface area (Å²) in [4.78, 5) is 12.1. The lowest BCUT2D eigenvalue weighted by molar-refractivity contribution is -0.124. The van der Waals surface area contributed by atoms with Crippen molar-refractivity contribution in [2.75, 3.05) is 0 Å². The van der Waals surface area contributed by atoms with Crippen LogP contribution in [0.5, 0.6) is 0 Å². The summed E-state index contributed by atoms with van der Waals surface area (Å²) in [5.74, 6) is -0.0489. The zero-order chi connectivity index (χ0) is 13.1. The molecule has 1 unspecified atom stereocenters. The Morgan fingerprint density at radius 3 is 2.53 bits per heavy atom. The van der Waals surface area contributed by atoms with Crippen LogP contribution in [0.3, 0.4) is 0 Å². The summed E-state index contributed by atoms with van der Waals surface area (Å²) in [6, 6.07) is 0. The fraction of sp³-hybridized carbons (Fsp3) is 0.400. The van der Waals surface area contributed by atoms with Gasteiger partial charge in [-0.25, -0.2) is 0 Å². The Morgan fingerprint density at radius 2 is 2.06 bits per heavy atom. The van der Waals surface area contributed by atoms with Crippen molar-refractivity contribution in [2.45, 2.75) is 27.2 Å². The van der Waals surface area contributed by atoms with E-state index in [1.165, 1.54) is 0 Å². The van der Waals surface area contributed by atoms with Gasteiger partial charge in [-0.15, -0.1) is 0 Å². The summed E-state index contributed by atoms with van der Waals surface area (Å²) >= 11 is 0. The van der Waals surface area contributed by atoms with Crippen LogP contribution in [0.25, 0.3) is 0 Å². The van der Waals surface area contributed by atoms with Crippen LogP contribution in [-0.2, 0) is 4.79 Å². The van der Waals surface area contributed by atoms with Crippen molar-refractivity contribution in [1.29, 1.82) is 0 Å². The zero-order valence-electron chi connectivity index (χ0n) is 10.9. The normalized spacial score (nSPS) is 20.9. The molecule has 1 aliphatic rings. The maximum atomic E-state index is 12.1. The number of nitrogens with one attached hydrogen (secondary N) is 1. The first-order chi connectivity index (χ1) is 7.97. The van der Waals surface area contributed by atoms with Crippen LogP contribution >= 0.6 is 0 Å². The molecule has 0 fully saturated rings. The third-order valence-electron chi connectivity index (χ3n) is 3.45. The second kappa shape index (κ2) is 5.17. The molecule has 92 valence electrons. The minimum atomic E-state index is -0.114. The second-order valence-corrected chi connectivity index (χ2v) is 4.93. The number of carbonyl (C=O) groups is 1. The van der Waals surface area contributed by atoms with Gasteiger partial charge in [-0.05, 0) is 23.5 Å². The summed E-state index contributed by atoms with van der Waals surface area (Å²) in [5, 5.41) is 2.89. The van der Waals surface area contributed by atoms with Gasteiger partial charge in [0.2, 0.25) is 5.91 Å². The summed E-state index contributed by atoms with van der Waals surface area (Å²) in [5.41, 5.74) is 1.77. The van der Waals surface area contributed by atoms with Crippen LogP contribution < -0.4 is 5.32 Å². The number of hydrogen-bond acceptors (Lipinski definition) is 1. The van der Waals surface area contributed by atoms with Gasteiger partial charge in [-0.1, -0.05) is 52.2 Å². The molecule has 1 aliphatic heterocycles. The maximum Gasteiger partial charge on any atom is 0.232 e. The molecule has 0 radical (unpaired) electrons. The molecule has 0 bridgehead atoms. The van der Waals surface area contributed by atoms with Gasteiger partial charge in [0, 0.05) is 5.70 Å². The lowest BCUT2D eigenvalue weighted by Gasteiger charge is -2.29. The molecule has 0 aromatic carbocycles. The van der Waals surface area contributed by atoms with Gasteiger partial charge in [0.15, 0.2) is 0 Å². The average Bonchev–Trinajstić information content (AvgIpc) is 2.63. The van der Waals surface area contributed by atoms with Crippen molar-refractivity contribution >= 4 is 5.91 Å². The third kappa shape index (κ3) is 2.57. The smallest absolute Gasteiger partial charge is 0.232 e. The molecule has 1 amide bonds. The van der Waals surface area contributed by atoms with Crippen molar-refractivity contribution in [3.63, 3.8) is 0 Å². The van der Waals surface area contributed by atoms with E-state index in [-0.39, 0.29) is 17.2 Å². The quantitative estimate of drug-likeness (QED) is 0.722. The minimum absolute atomic E-state index is 0.0598. The standard InChI is InChI=1S/C15H21NO/c1-6-9-10-11-12(7-2)16-14(17)13(11)15(4,5)8-3/h6-7,9-10,13H,1-2,8H2,3-5H3,(H,16,17)/b10-9-. The molecule has 1 N–H and O–H groups in total. The fourth-order valence-electron chi connectivity index (χ4n) is 2.08. The summed E-state index contributed by atoms with van der Waals surface area (Å²) in [6.07, 6.45) is 8.17. The van der Waals surface area contributed by atoms with Crippen LogP contribution in [0.15, 0.2) is 48.7 Å². The van der Waals surface area contributed by atoms with Crippen molar-refractivity contribution in [1.82, 2.24) is 5.32 Å². The molecule has 2 heteroatoms. The van der Waals surface area contributed by atoms with Gasteiger partial charge in [-0.2, -0.15) is 0 Å². The first-order valence-corrected chi connectivity index (χ1v) is 5.94. The third-order valence-corrected chi connectivity index (χ3v) is 3.45. The molecule has 17 heavy (non-hydrogen) atoms. The Hall–Kier alpha value is -1.57. The molecule has 1 rings (SSSR count). The van der Waals surface area contributed by atoms with Gasteiger partial charge >= 0.3 is 0 Å². The van der Waals surface area contributed by atoms with Crippen molar-refractivity contribution < 1.29 is 4.79 Å². The van der Waals surface area contributed by atoms with Crippen LogP contribution in [0.4, 0.5) is 0 Å². The Morgan fingerprint density at radius 1 is 1.41 bits per heavy atom. The highest BCUT2D eigenvalue weighted by atomic mass is 16.2. The van der Waals surface area contributed by atoms with E-state index in [4.69, 9.17) is 0 Å². The average molecular weight is 231 g/mol. The van der Waals surface area contributed by atoms with E-state index in [1.54, 1.807) is 12.2 Å². The summed E-state index contributed by atoms with van der Waals surface area (Å²) < 4.78 is 0. The molecule has 0 aromatic rings.